The molecule has 3 N–H and O–H groups in total. The minimum atomic E-state index is -2.92. The summed E-state index contributed by atoms with van der Waals surface area (Å²) in [5, 5.41) is 4.16. The molecule has 0 saturated heterocycles. The lowest BCUT2D eigenvalue weighted by Gasteiger charge is -2.06. The van der Waals surface area contributed by atoms with E-state index in [1.165, 1.54) is 11.4 Å². The summed E-state index contributed by atoms with van der Waals surface area (Å²) in [6, 6.07) is 1.35. The number of ether oxygens (including phenoxy) is 1. The van der Waals surface area contributed by atoms with Crippen molar-refractivity contribution in [1.82, 2.24) is 5.32 Å². The van der Waals surface area contributed by atoms with Crippen LogP contribution < -0.4 is 15.8 Å². The molecule has 4 nitrogen and oxygen atoms in total. The first-order valence-corrected chi connectivity index (χ1v) is 6.03. The first-order valence-electron chi connectivity index (χ1n) is 5.15. The predicted octanol–water partition coefficient (Wildman–Crippen LogP) is 2.24. The van der Waals surface area contributed by atoms with Crippen molar-refractivity contribution < 1.29 is 18.3 Å². The fourth-order valence-electron chi connectivity index (χ4n) is 1.20. The van der Waals surface area contributed by atoms with Crippen LogP contribution in [0.25, 0.3) is 0 Å². The first-order chi connectivity index (χ1) is 8.15. The quantitative estimate of drug-likeness (QED) is 0.759. The van der Waals surface area contributed by atoms with Gasteiger partial charge in [-0.25, -0.2) is 0 Å². The molecule has 0 radical (unpaired) electrons. The number of nitrogens with two attached hydrogens (primary N) is 1. The lowest BCUT2D eigenvalue weighted by molar-refractivity contribution is -0.0498. The maximum Gasteiger partial charge on any atom is 0.387 e. The zero-order valence-electron chi connectivity index (χ0n) is 9.53. The van der Waals surface area contributed by atoms with Gasteiger partial charge in [-0.05, 0) is 30.8 Å². The van der Waals surface area contributed by atoms with Crippen LogP contribution in [0.1, 0.15) is 22.5 Å². The summed E-state index contributed by atoms with van der Waals surface area (Å²) in [4.78, 5) is 11.8. The molecule has 0 saturated carbocycles. The van der Waals surface area contributed by atoms with Gasteiger partial charge in [-0.15, -0.1) is 23.7 Å². The molecule has 8 heteroatoms. The Balaban J connectivity index is 0.00000289. The van der Waals surface area contributed by atoms with E-state index >= 15 is 0 Å². The number of alkyl halides is 2. The van der Waals surface area contributed by atoms with Gasteiger partial charge in [0.1, 0.15) is 10.6 Å². The first kappa shape index (κ1) is 17.1. The Bertz CT molecular complexity index is 363. The maximum atomic E-state index is 12.0. The minimum absolute atomic E-state index is 0. The number of halogens is 3. The van der Waals surface area contributed by atoms with E-state index in [1.807, 2.05) is 0 Å². The number of carbonyl (C=O) groups excluding carboxylic acids is 1. The molecule has 1 heterocycles. The summed E-state index contributed by atoms with van der Waals surface area (Å²) >= 11 is 1.07. The van der Waals surface area contributed by atoms with Gasteiger partial charge in [0.2, 0.25) is 0 Å². The lowest BCUT2D eigenvalue weighted by Crippen LogP contribution is -2.24. The normalized spacial score (nSPS) is 10.0. The number of hydrogen-bond donors (Lipinski definition) is 2. The van der Waals surface area contributed by atoms with Gasteiger partial charge >= 0.3 is 6.61 Å². The molecule has 0 aliphatic carbocycles. The Hall–Kier alpha value is -0.920. The van der Waals surface area contributed by atoms with E-state index in [-0.39, 0.29) is 23.0 Å². The Kier molecular flexibility index (Phi) is 8.61. The van der Waals surface area contributed by atoms with Crippen LogP contribution in [0, 0.1) is 0 Å². The summed E-state index contributed by atoms with van der Waals surface area (Å²) in [5.41, 5.74) is 5.30. The zero-order valence-corrected chi connectivity index (χ0v) is 11.2. The van der Waals surface area contributed by atoms with E-state index in [1.54, 1.807) is 0 Å². The molecule has 0 spiro atoms. The van der Waals surface area contributed by atoms with E-state index in [0.717, 1.165) is 24.2 Å². The van der Waals surface area contributed by atoms with Crippen molar-refractivity contribution in [2.45, 2.75) is 19.5 Å². The van der Waals surface area contributed by atoms with Gasteiger partial charge in [0.15, 0.2) is 0 Å². The van der Waals surface area contributed by atoms with Crippen LogP contribution in [-0.4, -0.2) is 25.6 Å². The molecular formula is C10H15ClF2N2O2S. The van der Waals surface area contributed by atoms with Crippen molar-refractivity contribution in [3.63, 3.8) is 0 Å². The fourth-order valence-corrected chi connectivity index (χ4v) is 1.94. The van der Waals surface area contributed by atoms with Gasteiger partial charge in [-0.2, -0.15) is 8.78 Å². The molecule has 0 bridgehead atoms. The van der Waals surface area contributed by atoms with Crippen LogP contribution in [0.5, 0.6) is 5.75 Å². The number of carbonyl (C=O) groups is 1. The van der Waals surface area contributed by atoms with E-state index in [9.17, 15) is 13.6 Å². The maximum absolute atomic E-state index is 12.0. The highest BCUT2D eigenvalue weighted by Crippen LogP contribution is 2.26. The molecule has 1 aromatic heterocycles. The molecule has 0 aliphatic heterocycles. The molecule has 0 fully saturated rings. The zero-order chi connectivity index (χ0) is 12.7. The Morgan fingerprint density at radius 3 is 2.83 bits per heavy atom. The molecule has 1 amide bonds. The number of unbranched alkanes of at least 4 members (excludes halogenated alkanes) is 1. The minimum Gasteiger partial charge on any atom is -0.433 e. The average molecular weight is 301 g/mol. The smallest absolute Gasteiger partial charge is 0.387 e. The number of hydrogen-bond acceptors (Lipinski definition) is 4. The third kappa shape index (κ3) is 5.61. The van der Waals surface area contributed by atoms with Gasteiger partial charge < -0.3 is 15.8 Å². The number of rotatable bonds is 7. The van der Waals surface area contributed by atoms with Crippen LogP contribution in [0.2, 0.25) is 0 Å². The number of thiophene rings is 1. The highest BCUT2D eigenvalue weighted by molar-refractivity contribution is 7.12. The van der Waals surface area contributed by atoms with Crippen LogP contribution in [0.4, 0.5) is 8.78 Å². The Morgan fingerprint density at radius 1 is 1.50 bits per heavy atom. The van der Waals surface area contributed by atoms with E-state index in [2.05, 4.69) is 10.1 Å². The standard InChI is InChI=1S/C10H14F2N2O2S.ClH/c11-10(12)16-7-3-6-17-8(7)9(15)14-5-2-1-4-13;/h3,6,10H,1-2,4-5,13H2,(H,14,15);1H. The van der Waals surface area contributed by atoms with Crippen LogP contribution >= 0.6 is 23.7 Å². The third-order valence-electron chi connectivity index (χ3n) is 1.97. The second-order valence-electron chi connectivity index (χ2n) is 3.24. The fraction of sp³-hybridized carbons (Fsp3) is 0.500. The van der Waals surface area contributed by atoms with Crippen LogP contribution in [0.15, 0.2) is 11.4 Å². The second kappa shape index (κ2) is 9.07. The second-order valence-corrected chi connectivity index (χ2v) is 4.16. The van der Waals surface area contributed by atoms with Crippen molar-refractivity contribution in [1.29, 1.82) is 0 Å². The summed E-state index contributed by atoms with van der Waals surface area (Å²) in [6.07, 6.45) is 1.57. The van der Waals surface area contributed by atoms with E-state index in [0.29, 0.717) is 13.1 Å². The van der Waals surface area contributed by atoms with Gasteiger partial charge in [-0.1, -0.05) is 0 Å². The topological polar surface area (TPSA) is 64.3 Å². The van der Waals surface area contributed by atoms with E-state index in [4.69, 9.17) is 5.73 Å². The molecular weight excluding hydrogens is 286 g/mol. The van der Waals surface area contributed by atoms with Crippen LogP contribution in [0.3, 0.4) is 0 Å². The summed E-state index contributed by atoms with van der Waals surface area (Å²) in [6.45, 7) is -1.88. The molecule has 0 unspecified atom stereocenters. The average Bonchev–Trinajstić information content (AvgIpc) is 2.71. The third-order valence-corrected chi connectivity index (χ3v) is 2.86. The molecule has 104 valence electrons. The highest BCUT2D eigenvalue weighted by Gasteiger charge is 2.16. The van der Waals surface area contributed by atoms with Crippen molar-refractivity contribution in [2.75, 3.05) is 13.1 Å². The summed E-state index contributed by atoms with van der Waals surface area (Å²) in [5.74, 6) is -0.478. The van der Waals surface area contributed by atoms with Gasteiger partial charge in [-0.3, -0.25) is 4.79 Å². The van der Waals surface area contributed by atoms with Gasteiger partial charge in [0.25, 0.3) is 5.91 Å². The molecule has 18 heavy (non-hydrogen) atoms. The molecule has 0 atom stereocenters. The number of nitrogens with one attached hydrogen (secondary N) is 1. The van der Waals surface area contributed by atoms with Crippen molar-refractivity contribution in [3.8, 4) is 5.75 Å². The molecule has 1 aromatic rings. The monoisotopic (exact) mass is 300 g/mol. The van der Waals surface area contributed by atoms with Crippen molar-refractivity contribution >= 4 is 29.7 Å². The van der Waals surface area contributed by atoms with Crippen molar-refractivity contribution in [3.05, 3.63) is 16.3 Å². The van der Waals surface area contributed by atoms with Gasteiger partial charge in [0.05, 0.1) is 0 Å². The summed E-state index contributed by atoms with van der Waals surface area (Å²) in [7, 11) is 0. The largest absolute Gasteiger partial charge is 0.433 e. The number of amides is 1. The highest BCUT2D eigenvalue weighted by atomic mass is 35.5. The van der Waals surface area contributed by atoms with Gasteiger partial charge in [0, 0.05) is 6.54 Å². The summed E-state index contributed by atoms with van der Waals surface area (Å²) < 4.78 is 28.3. The Morgan fingerprint density at radius 2 is 2.22 bits per heavy atom. The van der Waals surface area contributed by atoms with E-state index < -0.39 is 12.5 Å². The molecule has 0 aromatic carbocycles. The lowest BCUT2D eigenvalue weighted by atomic mass is 10.3. The predicted molar refractivity (Wildman–Crippen MR) is 68.8 cm³/mol. The SMILES string of the molecule is Cl.NCCCCNC(=O)c1sccc1OC(F)F. The Labute approximate surface area is 114 Å². The molecule has 1 rings (SSSR count). The molecule has 0 aliphatic rings. The van der Waals surface area contributed by atoms with Crippen LogP contribution in [-0.2, 0) is 0 Å². The van der Waals surface area contributed by atoms with Crippen molar-refractivity contribution in [2.24, 2.45) is 5.73 Å².